The Morgan fingerprint density at radius 2 is 1.63 bits per heavy atom. The van der Waals surface area contributed by atoms with E-state index in [1.165, 1.54) is 55.2 Å². The summed E-state index contributed by atoms with van der Waals surface area (Å²) in [6, 6.07) is 17.1. The summed E-state index contributed by atoms with van der Waals surface area (Å²) < 4.78 is 6.08. The van der Waals surface area contributed by atoms with Gasteiger partial charge in [0, 0.05) is 12.1 Å². The van der Waals surface area contributed by atoms with Gasteiger partial charge in [-0.1, -0.05) is 36.4 Å². The van der Waals surface area contributed by atoms with E-state index < -0.39 is 0 Å². The Hall–Kier alpha value is -1.80. The van der Waals surface area contributed by atoms with Crippen molar-refractivity contribution in [3.8, 4) is 5.75 Å². The summed E-state index contributed by atoms with van der Waals surface area (Å²) in [7, 11) is 0. The van der Waals surface area contributed by atoms with E-state index in [1.54, 1.807) is 0 Å². The van der Waals surface area contributed by atoms with Gasteiger partial charge in [-0.2, -0.15) is 0 Å². The summed E-state index contributed by atoms with van der Waals surface area (Å²) in [5.41, 5.74) is 4.31. The van der Waals surface area contributed by atoms with Crippen LogP contribution in [0.5, 0.6) is 5.75 Å². The van der Waals surface area contributed by atoms with Crippen LogP contribution in [0.3, 0.4) is 0 Å². The van der Waals surface area contributed by atoms with Crippen molar-refractivity contribution in [2.24, 2.45) is 17.8 Å². The zero-order valence-corrected chi connectivity index (χ0v) is 16.4. The lowest BCUT2D eigenvalue weighted by Crippen LogP contribution is -2.58. The normalized spacial score (nSPS) is 31.2. The molecule has 4 bridgehead atoms. The molecule has 1 N–H and O–H groups in total. The third-order valence-corrected chi connectivity index (χ3v) is 7.26. The van der Waals surface area contributed by atoms with Crippen molar-refractivity contribution < 1.29 is 4.74 Å². The van der Waals surface area contributed by atoms with E-state index in [2.05, 4.69) is 60.8 Å². The topological polar surface area (TPSA) is 21.3 Å². The maximum absolute atomic E-state index is 6.08. The van der Waals surface area contributed by atoms with E-state index in [4.69, 9.17) is 4.74 Å². The molecular formula is C25H31NO. The Morgan fingerprint density at radius 1 is 0.926 bits per heavy atom. The van der Waals surface area contributed by atoms with Crippen molar-refractivity contribution in [1.82, 2.24) is 5.32 Å². The molecule has 2 nitrogen and oxygen atoms in total. The van der Waals surface area contributed by atoms with E-state index in [9.17, 15) is 0 Å². The number of hydrogen-bond acceptors (Lipinski definition) is 2. The number of hydrogen-bond donors (Lipinski definition) is 1. The van der Waals surface area contributed by atoms with Gasteiger partial charge in [0.1, 0.15) is 12.4 Å². The number of benzene rings is 2. The van der Waals surface area contributed by atoms with Gasteiger partial charge in [0.05, 0.1) is 0 Å². The second-order valence-electron chi connectivity index (χ2n) is 9.41. The Morgan fingerprint density at radius 3 is 2.33 bits per heavy atom. The summed E-state index contributed by atoms with van der Waals surface area (Å²) in [5.74, 6) is 3.95. The van der Waals surface area contributed by atoms with Crippen LogP contribution in [-0.4, -0.2) is 5.54 Å². The Labute approximate surface area is 163 Å². The van der Waals surface area contributed by atoms with Crippen molar-refractivity contribution in [2.45, 2.75) is 64.1 Å². The van der Waals surface area contributed by atoms with Crippen molar-refractivity contribution in [2.75, 3.05) is 0 Å². The lowest BCUT2D eigenvalue weighted by molar-refractivity contribution is -0.0206. The van der Waals surface area contributed by atoms with Gasteiger partial charge in [0.25, 0.3) is 0 Å². The molecule has 0 saturated heterocycles. The molecule has 0 heterocycles. The quantitative estimate of drug-likeness (QED) is 0.720. The molecule has 0 aromatic heterocycles. The minimum atomic E-state index is 0.423. The van der Waals surface area contributed by atoms with Crippen LogP contribution in [0.1, 0.15) is 55.2 Å². The second-order valence-corrected chi connectivity index (χ2v) is 9.41. The van der Waals surface area contributed by atoms with Gasteiger partial charge in [-0.05, 0) is 92.0 Å². The monoisotopic (exact) mass is 361 g/mol. The average Bonchev–Trinajstić information content (AvgIpc) is 2.65. The molecule has 0 aliphatic heterocycles. The molecule has 6 rings (SSSR count). The summed E-state index contributed by atoms with van der Waals surface area (Å²) in [6.45, 7) is 3.75. The summed E-state index contributed by atoms with van der Waals surface area (Å²) >= 11 is 0. The molecule has 2 aromatic rings. The van der Waals surface area contributed by atoms with Gasteiger partial charge in [-0.15, -0.1) is 0 Å². The molecular weight excluding hydrogens is 330 g/mol. The highest BCUT2D eigenvalue weighted by Gasteiger charge is 2.50. The molecule has 4 saturated carbocycles. The predicted octanol–water partition coefficient (Wildman–Crippen LogP) is 5.63. The molecule has 2 aromatic carbocycles. The molecule has 4 aliphatic rings. The van der Waals surface area contributed by atoms with Crippen molar-refractivity contribution in [1.29, 1.82) is 0 Å². The largest absolute Gasteiger partial charge is 0.489 e. The van der Waals surface area contributed by atoms with Gasteiger partial charge in [0.15, 0.2) is 0 Å². The molecule has 0 unspecified atom stereocenters. The third kappa shape index (κ3) is 3.65. The fraction of sp³-hybridized carbons (Fsp3) is 0.520. The Balaban J connectivity index is 1.22. The fourth-order valence-electron chi connectivity index (χ4n) is 6.30. The van der Waals surface area contributed by atoms with Crippen LogP contribution in [-0.2, 0) is 13.2 Å². The molecule has 4 aliphatic carbocycles. The first-order valence-corrected chi connectivity index (χ1v) is 10.7. The zero-order chi connectivity index (χ0) is 18.3. The first-order valence-electron chi connectivity index (χ1n) is 10.7. The van der Waals surface area contributed by atoms with Crippen LogP contribution in [0.15, 0.2) is 48.5 Å². The van der Waals surface area contributed by atoms with Gasteiger partial charge in [-0.25, -0.2) is 0 Å². The van der Waals surface area contributed by atoms with E-state index in [-0.39, 0.29) is 0 Å². The fourth-order valence-corrected chi connectivity index (χ4v) is 6.30. The second kappa shape index (κ2) is 6.98. The van der Waals surface area contributed by atoms with Crippen LogP contribution >= 0.6 is 0 Å². The minimum absolute atomic E-state index is 0.423. The van der Waals surface area contributed by atoms with Gasteiger partial charge < -0.3 is 10.1 Å². The highest BCUT2D eigenvalue weighted by atomic mass is 16.5. The van der Waals surface area contributed by atoms with Crippen molar-refractivity contribution >= 4 is 0 Å². The SMILES string of the molecule is Cc1ccccc1COc1cccc(CNC23CC4CC(CC(C4)C2)C3)c1. The molecule has 0 atom stereocenters. The molecule has 4 fully saturated rings. The van der Waals surface area contributed by atoms with Crippen LogP contribution in [0, 0.1) is 24.7 Å². The Bertz CT molecular complexity index is 776. The predicted molar refractivity (Wildman–Crippen MR) is 110 cm³/mol. The number of rotatable bonds is 6. The lowest BCUT2D eigenvalue weighted by atomic mass is 9.53. The molecule has 0 amide bonds. The van der Waals surface area contributed by atoms with Gasteiger partial charge in [-0.3, -0.25) is 0 Å². The first-order chi connectivity index (χ1) is 13.2. The molecule has 142 valence electrons. The number of nitrogens with one attached hydrogen (secondary N) is 1. The average molecular weight is 362 g/mol. The van der Waals surface area contributed by atoms with E-state index >= 15 is 0 Å². The van der Waals surface area contributed by atoms with Gasteiger partial charge >= 0.3 is 0 Å². The Kier molecular flexibility index (Phi) is 4.47. The number of aryl methyl sites for hydroxylation is 1. The van der Waals surface area contributed by atoms with Crippen molar-refractivity contribution in [3.05, 3.63) is 65.2 Å². The van der Waals surface area contributed by atoms with Crippen LogP contribution in [0.25, 0.3) is 0 Å². The van der Waals surface area contributed by atoms with E-state index in [1.807, 2.05) is 0 Å². The molecule has 2 heteroatoms. The molecule has 0 spiro atoms. The van der Waals surface area contributed by atoms with Crippen LogP contribution in [0.4, 0.5) is 0 Å². The maximum atomic E-state index is 6.08. The van der Waals surface area contributed by atoms with Crippen LogP contribution in [0.2, 0.25) is 0 Å². The smallest absolute Gasteiger partial charge is 0.120 e. The lowest BCUT2D eigenvalue weighted by Gasteiger charge is -2.57. The van der Waals surface area contributed by atoms with E-state index in [0.29, 0.717) is 12.1 Å². The third-order valence-electron chi connectivity index (χ3n) is 7.26. The molecule has 0 radical (unpaired) electrons. The molecule has 27 heavy (non-hydrogen) atoms. The summed E-state index contributed by atoms with van der Waals surface area (Å²) in [4.78, 5) is 0. The van der Waals surface area contributed by atoms with E-state index in [0.717, 1.165) is 30.0 Å². The van der Waals surface area contributed by atoms with Crippen molar-refractivity contribution in [3.63, 3.8) is 0 Å². The van der Waals surface area contributed by atoms with Gasteiger partial charge in [0.2, 0.25) is 0 Å². The minimum Gasteiger partial charge on any atom is -0.489 e. The first kappa shape index (κ1) is 17.3. The highest BCUT2D eigenvalue weighted by molar-refractivity contribution is 5.30. The standard InChI is InChI=1S/C25H31NO/c1-18-5-2-3-7-23(18)17-27-24-8-4-6-19(12-24)16-26-25-13-20-9-21(14-25)11-22(10-20)15-25/h2-8,12,20-22,26H,9-11,13-17H2,1H3. The highest BCUT2D eigenvalue weighted by Crippen LogP contribution is 2.55. The zero-order valence-electron chi connectivity index (χ0n) is 16.4. The summed E-state index contributed by atoms with van der Waals surface area (Å²) in [6.07, 6.45) is 8.73. The summed E-state index contributed by atoms with van der Waals surface area (Å²) in [5, 5.41) is 4.00. The number of ether oxygens (including phenoxy) is 1. The van der Waals surface area contributed by atoms with Crippen LogP contribution < -0.4 is 10.1 Å². The maximum Gasteiger partial charge on any atom is 0.120 e.